The molecule has 1 amide bonds. The molecule has 3 aliphatic rings. The van der Waals surface area contributed by atoms with Crippen LogP contribution >= 0.6 is 0 Å². The Morgan fingerprint density at radius 3 is 2.58 bits per heavy atom. The highest BCUT2D eigenvalue weighted by molar-refractivity contribution is 7.90. The second-order valence-corrected chi connectivity index (χ2v) is 10.3. The number of anilines is 1. The van der Waals surface area contributed by atoms with E-state index < -0.39 is 16.1 Å². The number of rotatable bonds is 4. The van der Waals surface area contributed by atoms with Crippen LogP contribution in [-0.2, 0) is 26.1 Å². The topological polar surface area (TPSA) is 82.5 Å². The van der Waals surface area contributed by atoms with Crippen molar-refractivity contribution in [3.63, 3.8) is 0 Å². The van der Waals surface area contributed by atoms with Crippen molar-refractivity contribution in [1.82, 2.24) is 9.80 Å². The van der Waals surface area contributed by atoms with E-state index in [1.165, 1.54) is 0 Å². The summed E-state index contributed by atoms with van der Waals surface area (Å²) in [7, 11) is -1.91. The molecule has 0 bridgehead atoms. The lowest BCUT2D eigenvalue weighted by atomic mass is 10.1. The zero-order chi connectivity index (χ0) is 23.0. The van der Waals surface area contributed by atoms with E-state index in [1.54, 1.807) is 36.2 Å². The van der Waals surface area contributed by atoms with Gasteiger partial charge in [-0.05, 0) is 42.7 Å². The van der Waals surface area contributed by atoms with Gasteiger partial charge in [-0.25, -0.2) is 0 Å². The van der Waals surface area contributed by atoms with Gasteiger partial charge in [-0.15, -0.1) is 4.40 Å². The number of benzene rings is 2. The minimum atomic E-state index is -3.71. The van der Waals surface area contributed by atoms with Crippen molar-refractivity contribution in [2.24, 2.45) is 4.40 Å². The van der Waals surface area contributed by atoms with Crippen LogP contribution in [-0.4, -0.2) is 75.9 Å². The van der Waals surface area contributed by atoms with Crippen LogP contribution in [0.4, 0.5) is 5.69 Å². The molecule has 0 unspecified atom stereocenters. The summed E-state index contributed by atoms with van der Waals surface area (Å²) >= 11 is 0. The second-order valence-electron chi connectivity index (χ2n) is 8.70. The van der Waals surface area contributed by atoms with Crippen molar-refractivity contribution < 1.29 is 17.9 Å². The summed E-state index contributed by atoms with van der Waals surface area (Å²) in [6.45, 7) is 4.37. The number of morpholine rings is 1. The molecule has 0 saturated carbocycles. The molecular formula is C24H28N4O4S. The van der Waals surface area contributed by atoms with Gasteiger partial charge in [0.1, 0.15) is 10.9 Å². The lowest BCUT2D eigenvalue weighted by molar-refractivity contribution is -0.134. The third kappa shape index (κ3) is 4.22. The van der Waals surface area contributed by atoms with Crippen LogP contribution in [0.25, 0.3) is 0 Å². The van der Waals surface area contributed by atoms with E-state index in [2.05, 4.69) is 33.6 Å². The van der Waals surface area contributed by atoms with E-state index in [9.17, 15) is 13.2 Å². The Bertz CT molecular complexity index is 1170. The first-order chi connectivity index (χ1) is 15.9. The molecule has 2 aromatic rings. The Morgan fingerprint density at radius 1 is 1.09 bits per heavy atom. The molecule has 1 atom stereocenters. The van der Waals surface area contributed by atoms with Gasteiger partial charge in [0.2, 0.25) is 5.91 Å². The number of likely N-dealkylation sites (N-methyl/N-ethyl adjacent to an activating group) is 1. The second kappa shape index (κ2) is 8.79. The number of fused-ring (bicyclic) bond motifs is 1. The lowest BCUT2D eigenvalue weighted by Gasteiger charge is -2.30. The molecule has 0 spiro atoms. The number of hydrogen-bond acceptors (Lipinski definition) is 6. The normalized spacial score (nSPS) is 21.6. The molecule has 9 heteroatoms. The first-order valence-corrected chi connectivity index (χ1v) is 12.8. The van der Waals surface area contributed by atoms with E-state index in [0.717, 1.165) is 44.0 Å². The average molecular weight is 469 g/mol. The molecule has 8 nitrogen and oxygen atoms in total. The maximum absolute atomic E-state index is 13.4. The van der Waals surface area contributed by atoms with Crippen LogP contribution in [0, 0.1) is 0 Å². The Hall–Kier alpha value is -2.91. The number of carbonyl (C=O) groups excluding carboxylic acids is 1. The van der Waals surface area contributed by atoms with Gasteiger partial charge in [0.05, 0.1) is 13.2 Å². The zero-order valence-corrected chi connectivity index (χ0v) is 19.5. The number of amides is 1. The van der Waals surface area contributed by atoms with Crippen LogP contribution in [0.15, 0.2) is 57.8 Å². The minimum absolute atomic E-state index is 0.0192. The first kappa shape index (κ1) is 21.9. The highest BCUT2D eigenvalue weighted by Gasteiger charge is 2.40. The van der Waals surface area contributed by atoms with Crippen molar-refractivity contribution in [2.75, 3.05) is 44.8 Å². The van der Waals surface area contributed by atoms with E-state index in [0.29, 0.717) is 30.9 Å². The molecule has 0 N–H and O–H groups in total. The summed E-state index contributed by atoms with van der Waals surface area (Å²) in [6.07, 6.45) is 1.50. The summed E-state index contributed by atoms with van der Waals surface area (Å²) in [5.41, 5.74) is 2.80. The number of likely N-dealkylation sites (tertiary alicyclic amines) is 1. The summed E-state index contributed by atoms with van der Waals surface area (Å²) in [6, 6.07) is 14.7. The van der Waals surface area contributed by atoms with Crippen molar-refractivity contribution in [1.29, 1.82) is 0 Å². The molecule has 5 rings (SSSR count). The van der Waals surface area contributed by atoms with E-state index in [1.807, 2.05) is 4.90 Å². The molecular weight excluding hydrogens is 440 g/mol. The molecule has 33 heavy (non-hydrogen) atoms. The average Bonchev–Trinajstić information content (AvgIpc) is 3.42. The van der Waals surface area contributed by atoms with Crippen molar-refractivity contribution in [3.8, 4) is 0 Å². The fraction of sp³-hybridized carbons (Fsp3) is 0.417. The maximum Gasteiger partial charge on any atom is 0.285 e. The summed E-state index contributed by atoms with van der Waals surface area (Å²) in [5, 5.41) is 0. The molecule has 2 saturated heterocycles. The van der Waals surface area contributed by atoms with Gasteiger partial charge in [-0.1, -0.05) is 24.3 Å². The molecule has 0 radical (unpaired) electrons. The molecule has 174 valence electrons. The van der Waals surface area contributed by atoms with Gasteiger partial charge in [0, 0.05) is 44.5 Å². The quantitative estimate of drug-likeness (QED) is 0.684. The lowest BCUT2D eigenvalue weighted by Crippen LogP contribution is -2.46. The van der Waals surface area contributed by atoms with Gasteiger partial charge in [0.15, 0.2) is 5.84 Å². The molecule has 3 aliphatic heterocycles. The van der Waals surface area contributed by atoms with Crippen LogP contribution in [0.3, 0.4) is 0 Å². The number of sulfonamides is 1. The Morgan fingerprint density at radius 2 is 1.82 bits per heavy atom. The minimum Gasteiger partial charge on any atom is -0.378 e. The van der Waals surface area contributed by atoms with Gasteiger partial charge < -0.3 is 19.4 Å². The van der Waals surface area contributed by atoms with Crippen molar-refractivity contribution >= 4 is 27.5 Å². The third-order valence-corrected chi connectivity index (χ3v) is 7.86. The highest BCUT2D eigenvalue weighted by Crippen LogP contribution is 2.31. The smallest absolute Gasteiger partial charge is 0.285 e. The number of ether oxygens (including phenoxy) is 1. The van der Waals surface area contributed by atoms with Gasteiger partial charge in [0.25, 0.3) is 10.0 Å². The van der Waals surface area contributed by atoms with Crippen LogP contribution in [0.2, 0.25) is 0 Å². The SMILES string of the molecule is CN(Cc1ccc(N2CCOCC2)cc1)C(=O)[C@@H]1CCCN1C1=NS(=O)(=O)c2ccccc21. The summed E-state index contributed by atoms with van der Waals surface area (Å²) in [5.74, 6) is 0.374. The molecule has 2 fully saturated rings. The fourth-order valence-electron chi connectivity index (χ4n) is 4.81. The predicted molar refractivity (Wildman–Crippen MR) is 126 cm³/mol. The zero-order valence-electron chi connectivity index (χ0n) is 18.7. The van der Waals surface area contributed by atoms with Gasteiger partial charge in [-0.3, -0.25) is 4.79 Å². The first-order valence-electron chi connectivity index (χ1n) is 11.3. The van der Waals surface area contributed by atoms with Gasteiger partial charge in [-0.2, -0.15) is 8.42 Å². The highest BCUT2D eigenvalue weighted by atomic mass is 32.2. The number of nitrogens with zero attached hydrogens (tertiary/aromatic N) is 4. The standard InChI is InChI=1S/C24H28N4O4S/c1-26(17-18-8-10-19(11-9-18)27-13-15-32-16-14-27)24(29)21-6-4-12-28(21)23-20-5-2-3-7-22(20)33(30,31)25-23/h2-3,5,7-11,21H,4,6,12-17H2,1H3/t21-/m0/s1. The van der Waals surface area contributed by atoms with Crippen molar-refractivity contribution in [2.45, 2.75) is 30.3 Å². The van der Waals surface area contributed by atoms with E-state index in [-0.39, 0.29) is 10.8 Å². The predicted octanol–water partition coefficient (Wildman–Crippen LogP) is 2.10. The number of carbonyl (C=O) groups is 1. The molecule has 3 heterocycles. The summed E-state index contributed by atoms with van der Waals surface area (Å²) < 4.78 is 34.4. The third-order valence-electron chi connectivity index (χ3n) is 6.53. The van der Waals surface area contributed by atoms with Gasteiger partial charge >= 0.3 is 0 Å². The van der Waals surface area contributed by atoms with Crippen molar-refractivity contribution in [3.05, 3.63) is 59.7 Å². The van der Waals surface area contributed by atoms with Crippen LogP contribution in [0.1, 0.15) is 24.0 Å². The summed E-state index contributed by atoms with van der Waals surface area (Å²) in [4.78, 5) is 19.5. The number of amidine groups is 1. The van der Waals surface area contributed by atoms with E-state index in [4.69, 9.17) is 4.74 Å². The largest absolute Gasteiger partial charge is 0.378 e. The Labute approximate surface area is 194 Å². The Kier molecular flexibility index (Phi) is 5.84. The van der Waals surface area contributed by atoms with E-state index >= 15 is 0 Å². The molecule has 0 aliphatic carbocycles. The molecule has 0 aromatic heterocycles. The van der Waals surface area contributed by atoms with Crippen LogP contribution < -0.4 is 4.90 Å². The molecule has 2 aromatic carbocycles. The van der Waals surface area contributed by atoms with Crippen LogP contribution in [0.5, 0.6) is 0 Å². The Balaban J connectivity index is 1.29. The fourth-order valence-corrected chi connectivity index (χ4v) is 6.03. The monoisotopic (exact) mass is 468 g/mol. The maximum atomic E-state index is 13.4. The number of hydrogen-bond donors (Lipinski definition) is 0.